The Hall–Kier alpha value is 0.110. The first-order valence-corrected chi connectivity index (χ1v) is 7.72. The molecule has 0 amide bonds. The van der Waals surface area contributed by atoms with Gasteiger partial charge in [0.1, 0.15) is 0 Å². The van der Waals surface area contributed by atoms with Crippen molar-refractivity contribution < 1.29 is 0 Å². The SMILES string of the molecule is Clc1ccc(SC2CC3CCC(C2)N3)cc1Cl. The summed E-state index contributed by atoms with van der Waals surface area (Å²) < 4.78 is 0. The van der Waals surface area contributed by atoms with Gasteiger partial charge in [-0.2, -0.15) is 0 Å². The maximum Gasteiger partial charge on any atom is 0.0603 e. The lowest BCUT2D eigenvalue weighted by atomic mass is 10.1. The van der Waals surface area contributed by atoms with Crippen molar-refractivity contribution in [2.24, 2.45) is 0 Å². The molecule has 1 nitrogen and oxygen atoms in total. The van der Waals surface area contributed by atoms with Crippen LogP contribution in [0.4, 0.5) is 0 Å². The van der Waals surface area contributed by atoms with Crippen LogP contribution in [0.25, 0.3) is 0 Å². The fraction of sp³-hybridized carbons (Fsp3) is 0.538. The molecular formula is C13H15Cl2NS. The predicted molar refractivity (Wildman–Crippen MR) is 75.3 cm³/mol. The fourth-order valence-electron chi connectivity index (χ4n) is 2.84. The molecule has 2 aliphatic heterocycles. The standard InChI is InChI=1S/C13H15Cl2NS/c14-12-4-3-10(7-13(12)15)17-11-5-8-1-2-9(6-11)16-8/h3-4,7-9,11,16H,1-2,5-6H2. The number of hydrogen-bond donors (Lipinski definition) is 1. The molecule has 17 heavy (non-hydrogen) atoms. The molecule has 0 aromatic heterocycles. The minimum atomic E-state index is 0.640. The van der Waals surface area contributed by atoms with Gasteiger partial charge >= 0.3 is 0 Å². The van der Waals surface area contributed by atoms with Crippen LogP contribution >= 0.6 is 35.0 Å². The first-order valence-electron chi connectivity index (χ1n) is 6.08. The highest BCUT2D eigenvalue weighted by Crippen LogP contribution is 2.38. The predicted octanol–water partition coefficient (Wildman–Crippen LogP) is 4.37. The number of benzene rings is 1. The molecule has 2 unspecified atom stereocenters. The average Bonchev–Trinajstić information content (AvgIpc) is 2.64. The minimum Gasteiger partial charge on any atom is -0.311 e. The summed E-state index contributed by atoms with van der Waals surface area (Å²) in [5.41, 5.74) is 0. The van der Waals surface area contributed by atoms with E-state index in [0.717, 1.165) is 17.3 Å². The number of nitrogens with one attached hydrogen (secondary N) is 1. The first-order chi connectivity index (χ1) is 8.20. The minimum absolute atomic E-state index is 0.640. The second-order valence-corrected chi connectivity index (χ2v) is 7.11. The second kappa shape index (κ2) is 5.00. The summed E-state index contributed by atoms with van der Waals surface area (Å²) in [5.74, 6) is 0. The molecule has 0 spiro atoms. The quantitative estimate of drug-likeness (QED) is 0.867. The average molecular weight is 288 g/mol. The van der Waals surface area contributed by atoms with E-state index in [2.05, 4.69) is 11.4 Å². The van der Waals surface area contributed by atoms with Gasteiger partial charge in [-0.3, -0.25) is 0 Å². The zero-order valence-corrected chi connectivity index (χ0v) is 11.8. The van der Waals surface area contributed by atoms with E-state index >= 15 is 0 Å². The van der Waals surface area contributed by atoms with E-state index in [1.807, 2.05) is 23.9 Å². The van der Waals surface area contributed by atoms with Gasteiger partial charge in [-0.1, -0.05) is 23.2 Å². The number of hydrogen-bond acceptors (Lipinski definition) is 2. The molecule has 0 aliphatic carbocycles. The lowest BCUT2D eigenvalue weighted by molar-refractivity contribution is 0.415. The van der Waals surface area contributed by atoms with Crippen LogP contribution in [0, 0.1) is 0 Å². The van der Waals surface area contributed by atoms with Gasteiger partial charge in [0, 0.05) is 22.2 Å². The summed E-state index contributed by atoms with van der Waals surface area (Å²) in [6.07, 6.45) is 5.26. The Kier molecular flexibility index (Phi) is 3.58. The van der Waals surface area contributed by atoms with E-state index in [4.69, 9.17) is 23.2 Å². The summed E-state index contributed by atoms with van der Waals surface area (Å²) >= 11 is 13.9. The van der Waals surface area contributed by atoms with Crippen LogP contribution in [0.15, 0.2) is 23.1 Å². The van der Waals surface area contributed by atoms with Gasteiger partial charge in [-0.05, 0) is 43.9 Å². The van der Waals surface area contributed by atoms with Crippen LogP contribution < -0.4 is 5.32 Å². The highest BCUT2D eigenvalue weighted by Gasteiger charge is 2.33. The number of fused-ring (bicyclic) bond motifs is 2. The highest BCUT2D eigenvalue weighted by molar-refractivity contribution is 8.00. The molecule has 1 aromatic rings. The van der Waals surface area contributed by atoms with Gasteiger partial charge < -0.3 is 5.32 Å². The maximum atomic E-state index is 6.04. The van der Waals surface area contributed by atoms with E-state index in [9.17, 15) is 0 Å². The van der Waals surface area contributed by atoms with Crippen LogP contribution in [0.1, 0.15) is 25.7 Å². The van der Waals surface area contributed by atoms with E-state index in [1.54, 1.807) is 0 Å². The third-order valence-corrected chi connectivity index (χ3v) is 5.61. The molecule has 2 bridgehead atoms. The number of halogens is 2. The van der Waals surface area contributed by atoms with Crippen molar-refractivity contribution in [3.63, 3.8) is 0 Å². The smallest absolute Gasteiger partial charge is 0.0603 e. The molecule has 2 atom stereocenters. The van der Waals surface area contributed by atoms with Crippen molar-refractivity contribution in [1.29, 1.82) is 0 Å². The monoisotopic (exact) mass is 287 g/mol. The zero-order valence-electron chi connectivity index (χ0n) is 9.46. The van der Waals surface area contributed by atoms with E-state index in [0.29, 0.717) is 10.0 Å². The van der Waals surface area contributed by atoms with Crippen molar-refractivity contribution in [1.82, 2.24) is 5.32 Å². The molecule has 2 aliphatic rings. The molecule has 0 radical (unpaired) electrons. The zero-order chi connectivity index (χ0) is 11.8. The first kappa shape index (κ1) is 12.2. The molecule has 2 saturated heterocycles. The second-order valence-electron chi connectivity index (χ2n) is 4.93. The van der Waals surface area contributed by atoms with Crippen LogP contribution in [0.3, 0.4) is 0 Å². The molecule has 2 fully saturated rings. The van der Waals surface area contributed by atoms with Crippen molar-refractivity contribution in [2.75, 3.05) is 0 Å². The Morgan fingerprint density at radius 3 is 2.41 bits per heavy atom. The Morgan fingerprint density at radius 1 is 1.06 bits per heavy atom. The van der Waals surface area contributed by atoms with Gasteiger partial charge in [0.25, 0.3) is 0 Å². The van der Waals surface area contributed by atoms with Crippen molar-refractivity contribution in [3.8, 4) is 0 Å². The van der Waals surface area contributed by atoms with Crippen LogP contribution in [-0.4, -0.2) is 17.3 Å². The third-order valence-electron chi connectivity index (χ3n) is 3.62. The topological polar surface area (TPSA) is 12.0 Å². The molecule has 2 heterocycles. The molecule has 92 valence electrons. The Labute approximate surface area is 116 Å². The third kappa shape index (κ3) is 2.76. The molecule has 0 saturated carbocycles. The summed E-state index contributed by atoms with van der Waals surface area (Å²) in [6, 6.07) is 7.44. The van der Waals surface area contributed by atoms with Gasteiger partial charge in [0.05, 0.1) is 10.0 Å². The summed E-state index contributed by atoms with van der Waals surface area (Å²) in [7, 11) is 0. The fourth-order valence-corrected chi connectivity index (χ4v) is 4.58. The van der Waals surface area contributed by atoms with E-state index in [-0.39, 0.29) is 0 Å². The summed E-state index contributed by atoms with van der Waals surface area (Å²) in [5, 5.41) is 5.69. The largest absolute Gasteiger partial charge is 0.311 e. The van der Waals surface area contributed by atoms with Crippen molar-refractivity contribution in [3.05, 3.63) is 28.2 Å². The molecule has 3 rings (SSSR count). The number of rotatable bonds is 2. The highest BCUT2D eigenvalue weighted by atomic mass is 35.5. The Balaban J connectivity index is 1.68. The van der Waals surface area contributed by atoms with Crippen LogP contribution in [0.5, 0.6) is 0 Å². The van der Waals surface area contributed by atoms with Gasteiger partial charge in [0.15, 0.2) is 0 Å². The molecular weight excluding hydrogens is 273 g/mol. The molecule has 4 heteroatoms. The van der Waals surface area contributed by atoms with Crippen molar-refractivity contribution in [2.45, 2.75) is 47.9 Å². The van der Waals surface area contributed by atoms with Gasteiger partial charge in [0.2, 0.25) is 0 Å². The lowest BCUT2D eigenvalue weighted by Crippen LogP contribution is -2.39. The normalized spacial score (nSPS) is 31.8. The molecule has 1 N–H and O–H groups in total. The van der Waals surface area contributed by atoms with Crippen LogP contribution in [0.2, 0.25) is 10.0 Å². The summed E-state index contributed by atoms with van der Waals surface area (Å²) in [4.78, 5) is 1.24. The van der Waals surface area contributed by atoms with Gasteiger partial charge in [-0.25, -0.2) is 0 Å². The lowest BCUT2D eigenvalue weighted by Gasteiger charge is -2.28. The number of piperidine rings is 1. The van der Waals surface area contributed by atoms with Crippen LogP contribution in [-0.2, 0) is 0 Å². The van der Waals surface area contributed by atoms with Gasteiger partial charge in [-0.15, -0.1) is 11.8 Å². The van der Waals surface area contributed by atoms with E-state index in [1.165, 1.54) is 30.6 Å². The maximum absolute atomic E-state index is 6.04. The Bertz CT molecular complexity index is 412. The van der Waals surface area contributed by atoms with Crippen molar-refractivity contribution >= 4 is 35.0 Å². The molecule has 1 aromatic carbocycles. The summed E-state index contributed by atoms with van der Waals surface area (Å²) in [6.45, 7) is 0. The number of thioether (sulfide) groups is 1. The van der Waals surface area contributed by atoms with E-state index < -0.39 is 0 Å². The Morgan fingerprint density at radius 2 is 1.76 bits per heavy atom.